The van der Waals surface area contributed by atoms with Gasteiger partial charge in [0.15, 0.2) is 5.13 Å². The molecular formula is C25H32N6O6S2. The first kappa shape index (κ1) is 28.5. The fourth-order valence-electron chi connectivity index (χ4n) is 4.58. The van der Waals surface area contributed by atoms with Gasteiger partial charge < -0.3 is 25.0 Å². The zero-order valence-electron chi connectivity index (χ0n) is 22.4. The van der Waals surface area contributed by atoms with Gasteiger partial charge in [0.25, 0.3) is 11.3 Å². The Morgan fingerprint density at radius 1 is 1.33 bits per heavy atom. The number of anilines is 3. The highest BCUT2D eigenvalue weighted by molar-refractivity contribution is 7.81. The number of benzene rings is 1. The number of nitrogens with two attached hydrogens (primary N) is 1. The van der Waals surface area contributed by atoms with Gasteiger partial charge in [-0.1, -0.05) is 11.3 Å². The molecule has 3 N–H and O–H groups in total. The Morgan fingerprint density at radius 3 is 2.69 bits per heavy atom. The number of nitrogens with zero attached hydrogens (tertiary/aromatic N) is 5. The average molecular weight is 577 g/mol. The predicted molar refractivity (Wildman–Crippen MR) is 151 cm³/mol. The molecule has 0 aliphatic carbocycles. The molecule has 3 heterocycles. The quantitative estimate of drug-likeness (QED) is 0.272. The van der Waals surface area contributed by atoms with E-state index in [1.165, 1.54) is 29.5 Å². The number of hydrogen-bond acceptors (Lipinski definition) is 10. The molecule has 4 rings (SSSR count). The lowest BCUT2D eigenvalue weighted by Crippen LogP contribution is -2.49. The Morgan fingerprint density at radius 2 is 2.08 bits per heavy atom. The smallest absolute Gasteiger partial charge is 0.329 e. The number of aromatic nitrogens is 2. The molecule has 3 aromatic rings. The second kappa shape index (κ2) is 11.7. The molecular weight excluding hydrogens is 544 g/mol. The Balaban J connectivity index is 1.68. The fraction of sp³-hybridized carbons (Fsp3) is 0.440. The van der Waals surface area contributed by atoms with Crippen molar-refractivity contribution in [1.29, 1.82) is 0 Å². The summed E-state index contributed by atoms with van der Waals surface area (Å²) in [7, 11) is 5.13. The second-order valence-corrected chi connectivity index (χ2v) is 11.4. The first-order valence-electron chi connectivity index (χ1n) is 12.3. The third-order valence-corrected chi connectivity index (χ3v) is 8.42. The van der Waals surface area contributed by atoms with E-state index in [2.05, 4.69) is 9.97 Å². The van der Waals surface area contributed by atoms with Crippen molar-refractivity contribution in [3.63, 3.8) is 0 Å². The lowest BCUT2D eigenvalue weighted by Gasteiger charge is -2.29. The molecule has 14 heteroatoms. The summed E-state index contributed by atoms with van der Waals surface area (Å²) in [5.41, 5.74) is 6.71. The molecule has 210 valence electrons. The molecule has 0 saturated carbocycles. The molecule has 1 aliphatic heterocycles. The molecule has 1 unspecified atom stereocenters. The van der Waals surface area contributed by atoms with Crippen molar-refractivity contribution in [2.75, 3.05) is 42.7 Å². The summed E-state index contributed by atoms with van der Waals surface area (Å²) in [5.74, 6) is -0.175. The van der Waals surface area contributed by atoms with Crippen LogP contribution in [0.3, 0.4) is 0 Å². The van der Waals surface area contributed by atoms with Crippen molar-refractivity contribution >= 4 is 61.2 Å². The van der Waals surface area contributed by atoms with Crippen LogP contribution in [-0.2, 0) is 32.0 Å². The van der Waals surface area contributed by atoms with Gasteiger partial charge in [-0.15, -0.1) is 0 Å². The fourth-order valence-corrected chi connectivity index (χ4v) is 6.29. The number of amides is 1. The first-order chi connectivity index (χ1) is 18.5. The highest BCUT2D eigenvalue weighted by Crippen LogP contribution is 2.35. The maximum atomic E-state index is 13.7. The predicted octanol–water partition coefficient (Wildman–Crippen LogP) is 2.46. The molecule has 0 bridgehead atoms. The summed E-state index contributed by atoms with van der Waals surface area (Å²) in [6.07, 6.45) is 3.01. The minimum absolute atomic E-state index is 0.110. The lowest BCUT2D eigenvalue weighted by molar-refractivity contribution is -0.157. The van der Waals surface area contributed by atoms with Crippen LogP contribution in [-0.4, -0.2) is 81.4 Å². The summed E-state index contributed by atoms with van der Waals surface area (Å²) >= 11 is -1.30. The monoisotopic (exact) mass is 576 g/mol. The van der Waals surface area contributed by atoms with Gasteiger partial charge in [-0.3, -0.25) is 9.35 Å². The highest BCUT2D eigenvalue weighted by Gasteiger charge is 2.45. The van der Waals surface area contributed by atoms with Gasteiger partial charge in [-0.25, -0.2) is 23.3 Å². The van der Waals surface area contributed by atoms with E-state index in [1.54, 1.807) is 37.1 Å². The maximum absolute atomic E-state index is 13.7. The van der Waals surface area contributed by atoms with Crippen LogP contribution in [0, 0.1) is 0 Å². The molecule has 0 spiro atoms. The summed E-state index contributed by atoms with van der Waals surface area (Å²) in [6, 6.07) is 3.48. The Kier molecular flexibility index (Phi) is 8.57. The molecule has 1 aliphatic rings. The molecule has 12 nitrogen and oxygen atoms in total. The van der Waals surface area contributed by atoms with Crippen molar-refractivity contribution in [2.45, 2.75) is 44.9 Å². The summed E-state index contributed by atoms with van der Waals surface area (Å²) in [5, 5.41) is 2.52. The van der Waals surface area contributed by atoms with Crippen molar-refractivity contribution in [3.8, 4) is 5.75 Å². The normalized spacial score (nSPS) is 16.9. The van der Waals surface area contributed by atoms with Crippen LogP contribution in [0.5, 0.6) is 5.75 Å². The number of fused-ring (bicyclic) bond motifs is 1. The molecule has 1 amide bonds. The van der Waals surface area contributed by atoms with Gasteiger partial charge in [0, 0.05) is 38.6 Å². The van der Waals surface area contributed by atoms with E-state index in [-0.39, 0.29) is 19.4 Å². The van der Waals surface area contributed by atoms with Crippen LogP contribution < -0.4 is 19.7 Å². The topological polar surface area (TPSA) is 151 Å². The molecule has 2 aromatic heterocycles. The van der Waals surface area contributed by atoms with Gasteiger partial charge in [-0.2, -0.15) is 0 Å². The van der Waals surface area contributed by atoms with Gasteiger partial charge >= 0.3 is 5.97 Å². The number of hydrogen-bond donors (Lipinski definition) is 2. The molecule has 1 fully saturated rings. The van der Waals surface area contributed by atoms with Crippen LogP contribution in [0.4, 0.5) is 16.0 Å². The molecule has 39 heavy (non-hydrogen) atoms. The number of methoxy groups -OCH3 is 1. The van der Waals surface area contributed by atoms with E-state index in [0.29, 0.717) is 32.6 Å². The number of likely N-dealkylation sites (tertiary alicyclic amines) is 1. The van der Waals surface area contributed by atoms with E-state index in [9.17, 15) is 18.4 Å². The van der Waals surface area contributed by atoms with Crippen LogP contribution in [0.15, 0.2) is 30.6 Å². The summed E-state index contributed by atoms with van der Waals surface area (Å²) in [6.45, 7) is 3.67. The van der Waals surface area contributed by atoms with E-state index in [4.69, 9.17) is 15.2 Å². The van der Waals surface area contributed by atoms with Crippen molar-refractivity contribution < 1.29 is 27.8 Å². The number of rotatable bonds is 10. The lowest BCUT2D eigenvalue weighted by atomic mass is 10.00. The standard InChI is InChI=1S/C25H32N6O6S2/c1-14(2)37-24(33)19(11-16-10-15-6-8-27-22(26)17(15)12-20(16)36-5)30-9-7-18(23(30)32)31(39(34)35)21-13-28-25(38-21)29(3)4/h6,8,10,12-14,18-19H,7,9,11H2,1-5H3,(H2,26,27)(H,34,35)/t18-,19+/m0/s1. The highest BCUT2D eigenvalue weighted by atomic mass is 32.2. The largest absolute Gasteiger partial charge is 0.496 e. The number of nitrogen functional groups attached to an aromatic ring is 1. The van der Waals surface area contributed by atoms with Crippen LogP contribution >= 0.6 is 11.3 Å². The maximum Gasteiger partial charge on any atom is 0.329 e. The SMILES string of the molecule is COc1cc2c(N)nccc2cc1C[C@H](C(=O)OC(C)C)N1CC[C@H](N(c2cnc(N(C)C)s2)S(=O)O)C1=O. The van der Waals surface area contributed by atoms with Crippen LogP contribution in [0.25, 0.3) is 10.8 Å². The minimum Gasteiger partial charge on any atom is -0.496 e. The number of esters is 1. The minimum atomic E-state index is -2.49. The Labute approximate surface area is 233 Å². The number of carbonyl (C=O) groups is 2. The zero-order valence-corrected chi connectivity index (χ0v) is 24.0. The molecule has 1 aromatic carbocycles. The Hall–Kier alpha value is -3.49. The second-order valence-electron chi connectivity index (χ2n) is 9.56. The zero-order chi connectivity index (χ0) is 28.4. The van der Waals surface area contributed by atoms with E-state index in [0.717, 1.165) is 9.69 Å². The first-order valence-corrected chi connectivity index (χ1v) is 14.1. The molecule has 3 atom stereocenters. The van der Waals surface area contributed by atoms with Crippen LogP contribution in [0.2, 0.25) is 0 Å². The number of thiazole rings is 1. The average Bonchev–Trinajstić information content (AvgIpc) is 3.50. The van der Waals surface area contributed by atoms with E-state index >= 15 is 0 Å². The van der Waals surface area contributed by atoms with Gasteiger partial charge in [0.1, 0.15) is 28.7 Å². The van der Waals surface area contributed by atoms with Crippen molar-refractivity contribution in [2.24, 2.45) is 0 Å². The molecule has 1 saturated heterocycles. The number of carbonyl (C=O) groups excluding carboxylic acids is 2. The van der Waals surface area contributed by atoms with Gasteiger partial charge in [-0.05, 0) is 49.4 Å². The summed E-state index contributed by atoms with van der Waals surface area (Å²) < 4.78 is 34.8. The van der Waals surface area contributed by atoms with E-state index < -0.39 is 41.3 Å². The number of ether oxygens (including phenoxy) is 2. The van der Waals surface area contributed by atoms with Crippen molar-refractivity contribution in [3.05, 3.63) is 36.2 Å². The summed E-state index contributed by atoms with van der Waals surface area (Å²) in [4.78, 5) is 38.7. The van der Waals surface area contributed by atoms with Crippen LogP contribution in [0.1, 0.15) is 25.8 Å². The van der Waals surface area contributed by atoms with Gasteiger partial charge in [0.2, 0.25) is 5.91 Å². The Bertz CT molecular complexity index is 1400. The van der Waals surface area contributed by atoms with E-state index in [1.807, 2.05) is 20.2 Å². The van der Waals surface area contributed by atoms with Crippen molar-refractivity contribution in [1.82, 2.24) is 14.9 Å². The molecule has 0 radical (unpaired) electrons. The number of pyridine rings is 1. The van der Waals surface area contributed by atoms with Gasteiger partial charge in [0.05, 0.1) is 19.4 Å². The third-order valence-electron chi connectivity index (χ3n) is 6.35. The third kappa shape index (κ3) is 5.92.